The molecule has 18 heavy (non-hydrogen) atoms. The fourth-order valence-electron chi connectivity index (χ4n) is 1.40. The van der Waals surface area contributed by atoms with Gasteiger partial charge in [-0.2, -0.15) is 0 Å². The Labute approximate surface area is 108 Å². The van der Waals surface area contributed by atoms with Gasteiger partial charge >= 0.3 is 5.97 Å². The lowest BCUT2D eigenvalue weighted by Crippen LogP contribution is -2.02. The molecule has 0 saturated carbocycles. The number of benzene rings is 1. The van der Waals surface area contributed by atoms with E-state index in [1.807, 2.05) is 6.07 Å². The van der Waals surface area contributed by atoms with Crippen LogP contribution in [0.15, 0.2) is 50.8 Å². The van der Waals surface area contributed by atoms with Gasteiger partial charge in [-0.25, -0.2) is 4.79 Å². The molecule has 0 N–H and O–H groups in total. The van der Waals surface area contributed by atoms with E-state index in [0.717, 1.165) is 4.90 Å². The van der Waals surface area contributed by atoms with Crippen molar-refractivity contribution in [2.24, 2.45) is 0 Å². The molecule has 0 aliphatic rings. The van der Waals surface area contributed by atoms with Crippen LogP contribution in [0.1, 0.15) is 20.9 Å². The van der Waals surface area contributed by atoms with Crippen LogP contribution >= 0.6 is 11.8 Å². The van der Waals surface area contributed by atoms with Gasteiger partial charge in [0.1, 0.15) is 0 Å². The van der Waals surface area contributed by atoms with Gasteiger partial charge < -0.3 is 9.15 Å². The summed E-state index contributed by atoms with van der Waals surface area (Å²) in [6, 6.07) is 10.3. The number of hydrogen-bond acceptors (Lipinski definition) is 5. The van der Waals surface area contributed by atoms with Crippen molar-refractivity contribution in [3.63, 3.8) is 0 Å². The molecule has 0 saturated heterocycles. The van der Waals surface area contributed by atoms with Gasteiger partial charge in [-0.15, -0.1) is 0 Å². The molecule has 0 aliphatic heterocycles. The number of hydrogen-bond donors (Lipinski definition) is 0. The van der Waals surface area contributed by atoms with Crippen molar-refractivity contribution in [1.82, 2.24) is 0 Å². The zero-order valence-electron chi connectivity index (χ0n) is 9.58. The molecule has 5 heteroatoms. The Balaban J connectivity index is 2.28. The second-order valence-corrected chi connectivity index (χ2v) is 4.41. The summed E-state index contributed by atoms with van der Waals surface area (Å²) < 4.78 is 9.95. The maximum absolute atomic E-state index is 11.6. The summed E-state index contributed by atoms with van der Waals surface area (Å²) in [5, 5.41) is 0.549. The van der Waals surface area contributed by atoms with E-state index < -0.39 is 5.97 Å². The van der Waals surface area contributed by atoms with Crippen molar-refractivity contribution in [3.8, 4) is 0 Å². The molecule has 0 spiro atoms. The molecule has 1 heterocycles. The van der Waals surface area contributed by atoms with Crippen LogP contribution in [0, 0.1) is 0 Å². The second-order valence-electron chi connectivity index (χ2n) is 3.36. The van der Waals surface area contributed by atoms with Gasteiger partial charge in [-0.05, 0) is 24.3 Å². The normalized spacial score (nSPS) is 10.1. The van der Waals surface area contributed by atoms with Gasteiger partial charge in [0.15, 0.2) is 17.1 Å². The molecule has 0 aliphatic carbocycles. The first kappa shape index (κ1) is 12.4. The van der Waals surface area contributed by atoms with Crippen LogP contribution in [0.3, 0.4) is 0 Å². The number of ether oxygens (including phenoxy) is 1. The Hall–Kier alpha value is -2.01. The Bertz CT molecular complexity index is 574. The van der Waals surface area contributed by atoms with E-state index in [9.17, 15) is 9.59 Å². The summed E-state index contributed by atoms with van der Waals surface area (Å²) in [6.07, 6.45) is 0.635. The topological polar surface area (TPSA) is 56.5 Å². The van der Waals surface area contributed by atoms with Gasteiger partial charge in [0.05, 0.1) is 12.7 Å². The van der Waals surface area contributed by atoms with Crippen LogP contribution in [-0.2, 0) is 4.74 Å². The molecule has 2 rings (SSSR count). The molecule has 0 unspecified atom stereocenters. The smallest absolute Gasteiger partial charge is 0.339 e. The molecule has 0 bridgehead atoms. The van der Waals surface area contributed by atoms with Gasteiger partial charge in [0.25, 0.3) is 0 Å². The standard InChI is InChI=1S/C13H10O4S/c1-16-13(15)10-4-2-3-5-11(10)18-12-7-6-9(8-14)17-12/h2-8H,1H3. The van der Waals surface area contributed by atoms with Crippen molar-refractivity contribution in [2.75, 3.05) is 7.11 Å². The zero-order valence-corrected chi connectivity index (χ0v) is 10.4. The predicted molar refractivity (Wildman–Crippen MR) is 66.0 cm³/mol. The van der Waals surface area contributed by atoms with Crippen LogP contribution in [0.25, 0.3) is 0 Å². The molecule has 0 amide bonds. The lowest BCUT2D eigenvalue weighted by molar-refractivity contribution is 0.0596. The van der Waals surface area contributed by atoms with Crippen molar-refractivity contribution >= 4 is 24.0 Å². The van der Waals surface area contributed by atoms with Gasteiger partial charge in [0, 0.05) is 4.90 Å². The summed E-state index contributed by atoms with van der Waals surface area (Å²) in [5.74, 6) is -0.145. The second kappa shape index (κ2) is 5.55. The number of carbonyl (C=O) groups excluding carboxylic acids is 2. The molecule has 4 nitrogen and oxygen atoms in total. The highest BCUT2D eigenvalue weighted by molar-refractivity contribution is 7.99. The number of carbonyl (C=O) groups is 2. The number of aldehydes is 1. The van der Waals surface area contributed by atoms with Crippen molar-refractivity contribution in [1.29, 1.82) is 0 Å². The highest BCUT2D eigenvalue weighted by Crippen LogP contribution is 2.31. The summed E-state index contributed by atoms with van der Waals surface area (Å²) in [7, 11) is 1.33. The lowest BCUT2D eigenvalue weighted by atomic mass is 10.2. The van der Waals surface area contributed by atoms with E-state index in [0.29, 0.717) is 16.9 Å². The maximum atomic E-state index is 11.6. The van der Waals surface area contributed by atoms with E-state index in [1.54, 1.807) is 30.3 Å². The van der Waals surface area contributed by atoms with E-state index in [1.165, 1.54) is 18.9 Å². The first-order valence-electron chi connectivity index (χ1n) is 5.15. The fourth-order valence-corrected chi connectivity index (χ4v) is 2.29. The van der Waals surface area contributed by atoms with Crippen LogP contribution in [0.4, 0.5) is 0 Å². The Morgan fingerprint density at radius 1 is 1.28 bits per heavy atom. The molecule has 1 aromatic heterocycles. The molecule has 0 atom stereocenters. The third-order valence-electron chi connectivity index (χ3n) is 2.22. The Morgan fingerprint density at radius 2 is 2.06 bits per heavy atom. The molecule has 1 aromatic carbocycles. The van der Waals surface area contributed by atoms with Crippen LogP contribution in [0.5, 0.6) is 0 Å². The molecule has 0 fully saturated rings. The van der Waals surface area contributed by atoms with Crippen molar-refractivity contribution in [2.45, 2.75) is 9.99 Å². The minimum Gasteiger partial charge on any atom is -0.465 e. The number of furan rings is 1. The highest BCUT2D eigenvalue weighted by atomic mass is 32.2. The molecule has 92 valence electrons. The summed E-state index contributed by atoms with van der Waals surface area (Å²) in [6.45, 7) is 0. The van der Waals surface area contributed by atoms with Gasteiger partial charge in [-0.1, -0.05) is 23.9 Å². The number of esters is 1. The highest BCUT2D eigenvalue weighted by Gasteiger charge is 2.13. The minimum atomic E-state index is -0.403. The SMILES string of the molecule is COC(=O)c1ccccc1Sc1ccc(C=O)o1. The van der Waals surface area contributed by atoms with Crippen LogP contribution in [-0.4, -0.2) is 19.4 Å². The largest absolute Gasteiger partial charge is 0.465 e. The summed E-state index contributed by atoms with van der Waals surface area (Å²) in [4.78, 5) is 22.8. The molecule has 2 aromatic rings. The third-order valence-corrected chi connectivity index (χ3v) is 3.22. The van der Waals surface area contributed by atoms with Crippen molar-refractivity contribution < 1.29 is 18.7 Å². The number of rotatable bonds is 4. The Kier molecular flexibility index (Phi) is 3.84. The summed E-state index contributed by atoms with van der Waals surface area (Å²) in [5.41, 5.74) is 0.467. The van der Waals surface area contributed by atoms with Crippen molar-refractivity contribution in [3.05, 3.63) is 47.7 Å². The van der Waals surface area contributed by atoms with Gasteiger partial charge in [-0.3, -0.25) is 4.79 Å². The van der Waals surface area contributed by atoms with Gasteiger partial charge in [0.2, 0.25) is 0 Å². The van der Waals surface area contributed by atoms with E-state index >= 15 is 0 Å². The first-order valence-corrected chi connectivity index (χ1v) is 5.96. The van der Waals surface area contributed by atoms with Crippen LogP contribution in [0.2, 0.25) is 0 Å². The monoisotopic (exact) mass is 262 g/mol. The van der Waals surface area contributed by atoms with E-state index in [4.69, 9.17) is 9.15 Å². The Morgan fingerprint density at radius 3 is 2.72 bits per heavy atom. The average molecular weight is 262 g/mol. The number of methoxy groups -OCH3 is 1. The quantitative estimate of drug-likeness (QED) is 0.626. The average Bonchev–Trinajstić information content (AvgIpc) is 2.86. The van der Waals surface area contributed by atoms with Crippen LogP contribution < -0.4 is 0 Å². The molecule has 0 radical (unpaired) electrons. The first-order chi connectivity index (χ1) is 8.74. The zero-order chi connectivity index (χ0) is 13.0. The minimum absolute atomic E-state index is 0.257. The fraction of sp³-hybridized carbons (Fsp3) is 0.0769. The van der Waals surface area contributed by atoms with E-state index in [2.05, 4.69) is 0 Å². The third kappa shape index (κ3) is 2.62. The maximum Gasteiger partial charge on any atom is 0.339 e. The predicted octanol–water partition coefficient (Wildman–Crippen LogP) is 3.03. The molecular weight excluding hydrogens is 252 g/mol. The van der Waals surface area contributed by atoms with E-state index in [-0.39, 0.29) is 5.76 Å². The molecular formula is C13H10O4S. The summed E-state index contributed by atoms with van der Waals surface area (Å²) >= 11 is 1.27. The lowest BCUT2D eigenvalue weighted by Gasteiger charge is -2.05.